The summed E-state index contributed by atoms with van der Waals surface area (Å²) in [5, 5.41) is 17.0. The highest BCUT2D eigenvalue weighted by molar-refractivity contribution is 6.10. The summed E-state index contributed by atoms with van der Waals surface area (Å²) in [5.74, 6) is -0.709. The number of fused-ring (bicyclic) bond motifs is 1. The Kier molecular flexibility index (Phi) is 6.23. The summed E-state index contributed by atoms with van der Waals surface area (Å²) in [4.78, 5) is 38.7. The molecule has 0 bridgehead atoms. The van der Waals surface area contributed by atoms with Crippen molar-refractivity contribution in [2.45, 2.75) is 12.5 Å². The Morgan fingerprint density at radius 1 is 1.11 bits per heavy atom. The van der Waals surface area contributed by atoms with Crippen molar-refractivity contribution in [1.82, 2.24) is 10.6 Å². The molecule has 4 N–H and O–H groups in total. The molecule has 0 unspecified atom stereocenters. The Morgan fingerprint density at radius 2 is 1.82 bits per heavy atom. The number of aliphatic hydroxyl groups excluding tert-OH is 1. The second-order valence-corrected chi connectivity index (χ2v) is 6.36. The van der Waals surface area contributed by atoms with E-state index in [0.29, 0.717) is 11.4 Å². The largest absolute Gasteiger partial charge is 0.395 e. The fourth-order valence-corrected chi connectivity index (χ4v) is 3.00. The van der Waals surface area contributed by atoms with Crippen molar-refractivity contribution >= 4 is 29.2 Å². The monoisotopic (exact) mass is 382 g/mol. The average Bonchev–Trinajstić information content (AvgIpc) is 2.71. The molecule has 0 saturated carbocycles. The lowest BCUT2D eigenvalue weighted by Gasteiger charge is -2.30. The fourth-order valence-electron chi connectivity index (χ4n) is 3.00. The molecule has 4 amide bonds. The van der Waals surface area contributed by atoms with Crippen LogP contribution in [0.4, 0.5) is 16.2 Å². The third-order valence-electron chi connectivity index (χ3n) is 4.32. The van der Waals surface area contributed by atoms with Crippen LogP contribution in [0.5, 0.6) is 0 Å². The van der Waals surface area contributed by atoms with Gasteiger partial charge in [-0.1, -0.05) is 42.5 Å². The highest BCUT2D eigenvalue weighted by Gasteiger charge is 2.29. The molecule has 3 rings (SSSR count). The second-order valence-electron chi connectivity index (χ2n) is 6.36. The summed E-state index contributed by atoms with van der Waals surface area (Å²) in [6.45, 7) is -0.245. The standard InChI is InChI=1S/C20H22N4O4/c25-11-10-21-19(27)16(12-14-6-2-1-3-7-14)23-20(28)24-13-18(26)22-15-8-4-5-9-17(15)24/h1-9,16,25H,10-13H2,(H,21,27)(H,22,26)(H,23,28)/t16-/m1/s1. The van der Waals surface area contributed by atoms with Crippen molar-refractivity contribution in [1.29, 1.82) is 0 Å². The van der Waals surface area contributed by atoms with E-state index in [1.807, 2.05) is 30.3 Å². The molecule has 2 aromatic carbocycles. The minimum absolute atomic E-state index is 0.0922. The van der Waals surface area contributed by atoms with Gasteiger partial charge in [-0.15, -0.1) is 0 Å². The molecular weight excluding hydrogens is 360 g/mol. The number of rotatable bonds is 6. The van der Waals surface area contributed by atoms with Crippen LogP contribution < -0.4 is 20.9 Å². The Bertz CT molecular complexity index is 856. The maximum absolute atomic E-state index is 12.9. The topological polar surface area (TPSA) is 111 Å². The lowest BCUT2D eigenvalue weighted by molar-refractivity contribution is -0.123. The van der Waals surface area contributed by atoms with E-state index >= 15 is 0 Å². The number of carbonyl (C=O) groups is 3. The molecule has 1 heterocycles. The SMILES string of the molecule is O=C1CN(C(=O)N[C@H](Cc2ccccc2)C(=O)NCCO)c2ccccc2N1. The number of carbonyl (C=O) groups excluding carboxylic acids is 3. The Labute approximate surface area is 162 Å². The summed E-state index contributed by atoms with van der Waals surface area (Å²) in [6, 6.07) is 14.9. The molecule has 1 atom stereocenters. The first kappa shape index (κ1) is 19.4. The van der Waals surface area contributed by atoms with E-state index in [-0.39, 0.29) is 32.0 Å². The summed E-state index contributed by atoms with van der Waals surface area (Å²) < 4.78 is 0. The van der Waals surface area contributed by atoms with Crippen LogP contribution in [0.25, 0.3) is 0 Å². The van der Waals surface area contributed by atoms with E-state index in [9.17, 15) is 14.4 Å². The highest BCUT2D eigenvalue weighted by atomic mass is 16.3. The van der Waals surface area contributed by atoms with Crippen LogP contribution in [-0.4, -0.2) is 48.7 Å². The molecule has 0 spiro atoms. The number of anilines is 2. The predicted octanol–water partition coefficient (Wildman–Crippen LogP) is 0.874. The van der Waals surface area contributed by atoms with Gasteiger partial charge in [0.25, 0.3) is 0 Å². The molecule has 0 saturated heterocycles. The van der Waals surface area contributed by atoms with E-state index in [0.717, 1.165) is 5.56 Å². The Balaban J connectivity index is 1.78. The summed E-state index contributed by atoms with van der Waals surface area (Å²) in [7, 11) is 0. The third-order valence-corrected chi connectivity index (χ3v) is 4.32. The Hall–Kier alpha value is -3.39. The Morgan fingerprint density at radius 3 is 2.57 bits per heavy atom. The van der Waals surface area contributed by atoms with Crippen LogP contribution in [0.2, 0.25) is 0 Å². The highest BCUT2D eigenvalue weighted by Crippen LogP contribution is 2.28. The minimum atomic E-state index is -0.849. The van der Waals surface area contributed by atoms with E-state index in [1.54, 1.807) is 24.3 Å². The van der Waals surface area contributed by atoms with Crippen molar-refractivity contribution in [3.8, 4) is 0 Å². The minimum Gasteiger partial charge on any atom is -0.395 e. The van der Waals surface area contributed by atoms with Gasteiger partial charge in [0, 0.05) is 13.0 Å². The van der Waals surface area contributed by atoms with E-state index < -0.39 is 18.0 Å². The van der Waals surface area contributed by atoms with Crippen molar-refractivity contribution in [3.05, 3.63) is 60.2 Å². The van der Waals surface area contributed by atoms with Gasteiger partial charge in [0.2, 0.25) is 11.8 Å². The maximum Gasteiger partial charge on any atom is 0.323 e. The van der Waals surface area contributed by atoms with Gasteiger partial charge in [-0.25, -0.2) is 4.79 Å². The van der Waals surface area contributed by atoms with Gasteiger partial charge >= 0.3 is 6.03 Å². The first-order valence-corrected chi connectivity index (χ1v) is 8.98. The zero-order valence-electron chi connectivity index (χ0n) is 15.2. The first-order chi connectivity index (χ1) is 13.6. The van der Waals surface area contributed by atoms with Gasteiger partial charge in [0.1, 0.15) is 12.6 Å². The molecule has 0 fully saturated rings. The van der Waals surface area contributed by atoms with Crippen LogP contribution in [0.3, 0.4) is 0 Å². The number of aliphatic hydroxyl groups is 1. The van der Waals surface area contributed by atoms with Gasteiger partial charge in [-0.3, -0.25) is 14.5 Å². The molecule has 0 aliphatic carbocycles. The molecule has 0 radical (unpaired) electrons. The number of amides is 4. The number of urea groups is 1. The van der Waals surface area contributed by atoms with Gasteiger partial charge in [0.15, 0.2) is 0 Å². The number of benzene rings is 2. The van der Waals surface area contributed by atoms with Gasteiger partial charge in [0.05, 0.1) is 18.0 Å². The number of para-hydroxylation sites is 2. The molecule has 1 aliphatic rings. The summed E-state index contributed by atoms with van der Waals surface area (Å²) in [5.41, 5.74) is 1.98. The second kappa shape index (κ2) is 9.01. The number of nitrogens with one attached hydrogen (secondary N) is 3. The summed E-state index contributed by atoms with van der Waals surface area (Å²) in [6.07, 6.45) is 0.283. The van der Waals surface area contributed by atoms with Crippen LogP contribution in [-0.2, 0) is 16.0 Å². The van der Waals surface area contributed by atoms with Crippen LogP contribution >= 0.6 is 0 Å². The lowest BCUT2D eigenvalue weighted by Crippen LogP contribution is -2.54. The normalized spacial score (nSPS) is 13.9. The predicted molar refractivity (Wildman–Crippen MR) is 105 cm³/mol. The van der Waals surface area contributed by atoms with Crippen LogP contribution in [0.1, 0.15) is 5.56 Å². The van der Waals surface area contributed by atoms with Crippen molar-refractivity contribution in [2.75, 3.05) is 29.9 Å². The smallest absolute Gasteiger partial charge is 0.323 e. The lowest BCUT2D eigenvalue weighted by atomic mass is 10.1. The van der Waals surface area contributed by atoms with Gasteiger partial charge in [-0.05, 0) is 17.7 Å². The molecule has 8 nitrogen and oxygen atoms in total. The van der Waals surface area contributed by atoms with E-state index in [1.165, 1.54) is 4.90 Å². The van der Waals surface area contributed by atoms with Crippen LogP contribution in [0.15, 0.2) is 54.6 Å². The van der Waals surface area contributed by atoms with Crippen molar-refractivity contribution in [2.24, 2.45) is 0 Å². The van der Waals surface area contributed by atoms with Gasteiger partial charge < -0.3 is 21.1 Å². The number of hydrogen-bond donors (Lipinski definition) is 4. The molecule has 2 aromatic rings. The maximum atomic E-state index is 12.9. The molecular formula is C20H22N4O4. The summed E-state index contributed by atoms with van der Waals surface area (Å²) >= 11 is 0. The van der Waals surface area contributed by atoms with Gasteiger partial charge in [-0.2, -0.15) is 0 Å². The van der Waals surface area contributed by atoms with E-state index in [4.69, 9.17) is 5.11 Å². The third kappa shape index (κ3) is 4.66. The van der Waals surface area contributed by atoms with E-state index in [2.05, 4.69) is 16.0 Å². The molecule has 28 heavy (non-hydrogen) atoms. The molecule has 0 aromatic heterocycles. The van der Waals surface area contributed by atoms with Crippen LogP contribution in [0, 0.1) is 0 Å². The molecule has 1 aliphatic heterocycles. The fraction of sp³-hybridized carbons (Fsp3) is 0.250. The molecule has 8 heteroatoms. The quantitative estimate of drug-likeness (QED) is 0.594. The zero-order chi connectivity index (χ0) is 19.9. The molecule has 146 valence electrons. The van der Waals surface area contributed by atoms with Crippen molar-refractivity contribution in [3.63, 3.8) is 0 Å². The number of nitrogens with zero attached hydrogens (tertiary/aromatic N) is 1. The first-order valence-electron chi connectivity index (χ1n) is 8.98. The average molecular weight is 382 g/mol. The van der Waals surface area contributed by atoms with Crippen molar-refractivity contribution < 1.29 is 19.5 Å². The zero-order valence-corrected chi connectivity index (χ0v) is 15.2. The number of hydrogen-bond acceptors (Lipinski definition) is 4.